The predicted molar refractivity (Wildman–Crippen MR) is 76.4 cm³/mol. The van der Waals surface area contributed by atoms with Crippen molar-refractivity contribution in [1.29, 1.82) is 0 Å². The molecule has 0 aliphatic heterocycles. The molecule has 18 heavy (non-hydrogen) atoms. The van der Waals surface area contributed by atoms with E-state index in [1.54, 1.807) is 12.4 Å². The number of pyridine rings is 1. The summed E-state index contributed by atoms with van der Waals surface area (Å²) in [5.74, 6) is 0. The highest BCUT2D eigenvalue weighted by Crippen LogP contribution is 2.20. The van der Waals surface area contributed by atoms with Crippen LogP contribution in [0.2, 0.25) is 0 Å². The van der Waals surface area contributed by atoms with Crippen LogP contribution in [-0.2, 0) is 13.2 Å². The van der Waals surface area contributed by atoms with Crippen molar-refractivity contribution in [3.63, 3.8) is 0 Å². The van der Waals surface area contributed by atoms with Crippen LogP contribution in [0, 0.1) is 0 Å². The quantitative estimate of drug-likeness (QED) is 0.943. The molecule has 1 aromatic carbocycles. The van der Waals surface area contributed by atoms with Gasteiger partial charge in [-0.1, -0.05) is 28.1 Å². The highest BCUT2D eigenvalue weighted by Gasteiger charge is 2.07. The van der Waals surface area contributed by atoms with Gasteiger partial charge < -0.3 is 10.0 Å². The maximum absolute atomic E-state index is 9.32. The third kappa shape index (κ3) is 3.09. The van der Waals surface area contributed by atoms with Gasteiger partial charge in [0.15, 0.2) is 0 Å². The average Bonchev–Trinajstić information content (AvgIpc) is 2.38. The summed E-state index contributed by atoms with van der Waals surface area (Å²) >= 11 is 3.47. The molecule has 0 amide bonds. The van der Waals surface area contributed by atoms with Crippen LogP contribution in [-0.4, -0.2) is 17.1 Å². The molecule has 0 aliphatic carbocycles. The zero-order valence-corrected chi connectivity index (χ0v) is 11.8. The first-order valence-electron chi connectivity index (χ1n) is 5.70. The SMILES string of the molecule is CN(Cc1cccc(Br)c1)c1cnccc1CO. The number of hydrogen-bond acceptors (Lipinski definition) is 3. The van der Waals surface area contributed by atoms with Gasteiger partial charge in [0.1, 0.15) is 0 Å². The average molecular weight is 307 g/mol. The van der Waals surface area contributed by atoms with Crippen LogP contribution in [0.4, 0.5) is 5.69 Å². The molecule has 0 fully saturated rings. The van der Waals surface area contributed by atoms with E-state index in [9.17, 15) is 5.11 Å². The number of rotatable bonds is 4. The Balaban J connectivity index is 2.19. The van der Waals surface area contributed by atoms with Gasteiger partial charge in [0.25, 0.3) is 0 Å². The molecule has 2 aromatic rings. The molecule has 0 unspecified atom stereocenters. The number of aliphatic hydroxyl groups is 1. The van der Waals surface area contributed by atoms with Gasteiger partial charge in [0, 0.05) is 29.8 Å². The maximum Gasteiger partial charge on any atom is 0.0703 e. The fourth-order valence-electron chi connectivity index (χ4n) is 1.89. The largest absolute Gasteiger partial charge is 0.392 e. The van der Waals surface area contributed by atoms with E-state index >= 15 is 0 Å². The first kappa shape index (κ1) is 13.1. The van der Waals surface area contributed by atoms with E-state index in [1.807, 2.05) is 25.2 Å². The van der Waals surface area contributed by atoms with Crippen LogP contribution < -0.4 is 4.90 Å². The standard InChI is InChI=1S/C14H15BrN2O/c1-17(9-11-3-2-4-13(15)7-11)14-8-16-6-5-12(14)10-18/h2-8,18H,9-10H2,1H3. The van der Waals surface area contributed by atoms with Crippen molar-refractivity contribution in [3.8, 4) is 0 Å². The van der Waals surface area contributed by atoms with Crippen LogP contribution in [0.15, 0.2) is 47.2 Å². The Morgan fingerprint density at radius 3 is 2.89 bits per heavy atom. The molecule has 0 saturated heterocycles. The Morgan fingerprint density at radius 2 is 2.17 bits per heavy atom. The summed E-state index contributed by atoms with van der Waals surface area (Å²) in [6.07, 6.45) is 3.48. The first-order chi connectivity index (χ1) is 8.70. The zero-order chi connectivity index (χ0) is 13.0. The smallest absolute Gasteiger partial charge is 0.0703 e. The van der Waals surface area contributed by atoms with Gasteiger partial charge in [0.2, 0.25) is 0 Å². The van der Waals surface area contributed by atoms with E-state index in [-0.39, 0.29) is 6.61 Å². The minimum atomic E-state index is 0.0284. The van der Waals surface area contributed by atoms with E-state index in [0.29, 0.717) is 0 Å². The summed E-state index contributed by atoms with van der Waals surface area (Å²) in [6, 6.07) is 10.0. The lowest BCUT2D eigenvalue weighted by atomic mass is 10.2. The highest BCUT2D eigenvalue weighted by atomic mass is 79.9. The van der Waals surface area contributed by atoms with E-state index in [0.717, 1.165) is 22.3 Å². The third-order valence-electron chi connectivity index (χ3n) is 2.78. The normalized spacial score (nSPS) is 10.4. The number of nitrogens with zero attached hydrogens (tertiary/aromatic N) is 2. The molecule has 0 bridgehead atoms. The second-order valence-corrected chi connectivity index (χ2v) is 5.06. The third-order valence-corrected chi connectivity index (χ3v) is 3.27. The van der Waals surface area contributed by atoms with Gasteiger partial charge in [0.05, 0.1) is 18.5 Å². The van der Waals surface area contributed by atoms with Gasteiger partial charge in [-0.05, 0) is 23.8 Å². The van der Waals surface area contributed by atoms with Crippen LogP contribution in [0.3, 0.4) is 0 Å². The second kappa shape index (κ2) is 5.98. The molecular formula is C14H15BrN2O. The van der Waals surface area contributed by atoms with Crippen molar-refractivity contribution in [2.75, 3.05) is 11.9 Å². The van der Waals surface area contributed by atoms with Crippen molar-refractivity contribution in [2.24, 2.45) is 0 Å². The zero-order valence-electron chi connectivity index (χ0n) is 10.2. The lowest BCUT2D eigenvalue weighted by molar-refractivity contribution is 0.282. The molecule has 1 heterocycles. The fraction of sp³-hybridized carbons (Fsp3) is 0.214. The molecule has 0 aliphatic rings. The molecule has 4 heteroatoms. The van der Waals surface area contributed by atoms with Crippen molar-refractivity contribution in [2.45, 2.75) is 13.2 Å². The van der Waals surface area contributed by atoms with E-state index < -0.39 is 0 Å². The van der Waals surface area contributed by atoms with E-state index in [4.69, 9.17) is 0 Å². The molecule has 0 atom stereocenters. The first-order valence-corrected chi connectivity index (χ1v) is 6.49. The van der Waals surface area contributed by atoms with Crippen molar-refractivity contribution >= 4 is 21.6 Å². The lowest BCUT2D eigenvalue weighted by Gasteiger charge is -2.21. The Bertz CT molecular complexity index is 531. The second-order valence-electron chi connectivity index (χ2n) is 4.15. The number of aromatic nitrogens is 1. The van der Waals surface area contributed by atoms with Gasteiger partial charge in [-0.15, -0.1) is 0 Å². The topological polar surface area (TPSA) is 36.4 Å². The summed E-state index contributed by atoms with van der Waals surface area (Å²) in [5, 5.41) is 9.32. The minimum Gasteiger partial charge on any atom is -0.392 e. The van der Waals surface area contributed by atoms with E-state index in [2.05, 4.69) is 37.9 Å². The van der Waals surface area contributed by atoms with Crippen LogP contribution in [0.1, 0.15) is 11.1 Å². The Labute approximate surface area is 115 Å². The Kier molecular flexibility index (Phi) is 4.33. The van der Waals surface area contributed by atoms with Gasteiger partial charge in [-0.25, -0.2) is 0 Å². The molecule has 0 spiro atoms. The molecule has 0 saturated carbocycles. The number of hydrogen-bond donors (Lipinski definition) is 1. The summed E-state index contributed by atoms with van der Waals surface area (Å²) in [7, 11) is 2.00. The fourth-order valence-corrected chi connectivity index (χ4v) is 2.33. The Hall–Kier alpha value is -1.39. The summed E-state index contributed by atoms with van der Waals surface area (Å²) in [5.41, 5.74) is 3.06. The van der Waals surface area contributed by atoms with Crippen molar-refractivity contribution < 1.29 is 5.11 Å². The molecule has 94 valence electrons. The van der Waals surface area contributed by atoms with Crippen molar-refractivity contribution in [1.82, 2.24) is 4.98 Å². The molecule has 3 nitrogen and oxygen atoms in total. The van der Waals surface area contributed by atoms with E-state index in [1.165, 1.54) is 5.56 Å². The summed E-state index contributed by atoms with van der Waals surface area (Å²) < 4.78 is 1.07. The molecule has 1 N–H and O–H groups in total. The van der Waals surface area contributed by atoms with Crippen molar-refractivity contribution in [3.05, 3.63) is 58.3 Å². The highest BCUT2D eigenvalue weighted by molar-refractivity contribution is 9.10. The predicted octanol–water partition coefficient (Wildman–Crippen LogP) is 2.97. The van der Waals surface area contributed by atoms with Crippen LogP contribution >= 0.6 is 15.9 Å². The minimum absolute atomic E-state index is 0.0284. The van der Waals surface area contributed by atoms with Crippen LogP contribution in [0.5, 0.6) is 0 Å². The van der Waals surface area contributed by atoms with Gasteiger partial charge in [-0.3, -0.25) is 4.98 Å². The maximum atomic E-state index is 9.32. The Morgan fingerprint density at radius 1 is 1.33 bits per heavy atom. The molecular weight excluding hydrogens is 292 g/mol. The van der Waals surface area contributed by atoms with Crippen LogP contribution in [0.25, 0.3) is 0 Å². The summed E-state index contributed by atoms with van der Waals surface area (Å²) in [6.45, 7) is 0.804. The summed E-state index contributed by atoms with van der Waals surface area (Å²) in [4.78, 5) is 6.20. The van der Waals surface area contributed by atoms with Gasteiger partial charge >= 0.3 is 0 Å². The molecule has 0 radical (unpaired) electrons. The number of anilines is 1. The molecule has 1 aromatic heterocycles. The number of benzene rings is 1. The number of aliphatic hydroxyl groups excluding tert-OH is 1. The number of halogens is 1. The van der Waals surface area contributed by atoms with Gasteiger partial charge in [-0.2, -0.15) is 0 Å². The lowest BCUT2D eigenvalue weighted by Crippen LogP contribution is -2.18. The monoisotopic (exact) mass is 306 g/mol. The molecule has 2 rings (SSSR count).